The van der Waals surface area contributed by atoms with Crippen LogP contribution in [0.2, 0.25) is 0 Å². The molecule has 0 aromatic heterocycles. The van der Waals surface area contributed by atoms with E-state index in [9.17, 15) is 13.2 Å². The first-order valence-corrected chi connectivity index (χ1v) is 12.6. The minimum atomic E-state index is -3.97. The van der Waals surface area contributed by atoms with Crippen molar-refractivity contribution in [2.75, 3.05) is 18.5 Å². The highest BCUT2D eigenvalue weighted by Crippen LogP contribution is 2.22. The first-order chi connectivity index (χ1) is 16.3. The molecule has 0 unspecified atom stereocenters. The number of ether oxygens (including phenoxy) is 2. The highest BCUT2D eigenvalue weighted by molar-refractivity contribution is 7.89. The molecule has 0 saturated heterocycles. The van der Waals surface area contributed by atoms with Crippen LogP contribution >= 0.6 is 0 Å². The summed E-state index contributed by atoms with van der Waals surface area (Å²) in [4.78, 5) is 13.2. The van der Waals surface area contributed by atoms with Crippen molar-refractivity contribution < 1.29 is 22.7 Å². The van der Waals surface area contributed by atoms with Gasteiger partial charge in [0.25, 0.3) is 0 Å². The molecule has 0 saturated carbocycles. The maximum absolute atomic E-state index is 13.2. The third kappa shape index (κ3) is 6.82. The Labute approximate surface area is 201 Å². The van der Waals surface area contributed by atoms with Crippen molar-refractivity contribution in [3.63, 3.8) is 0 Å². The minimum absolute atomic E-state index is 0.0698. The summed E-state index contributed by atoms with van der Waals surface area (Å²) in [7, 11) is -3.97. The third-order valence-electron chi connectivity index (χ3n) is 5.09. The summed E-state index contributed by atoms with van der Waals surface area (Å²) >= 11 is 0. The van der Waals surface area contributed by atoms with Crippen LogP contribution in [-0.2, 0) is 21.2 Å². The summed E-state index contributed by atoms with van der Waals surface area (Å²) in [5, 5.41) is 2.80. The first kappa shape index (κ1) is 25.3. The van der Waals surface area contributed by atoms with Crippen LogP contribution in [0.15, 0.2) is 77.7 Å². The lowest BCUT2D eigenvalue weighted by Crippen LogP contribution is -2.45. The third-order valence-corrected chi connectivity index (χ3v) is 6.56. The Morgan fingerprint density at radius 2 is 1.59 bits per heavy atom. The number of carbonyl (C=O) groups is 1. The van der Waals surface area contributed by atoms with Gasteiger partial charge in [0.15, 0.2) is 0 Å². The molecule has 3 aromatic rings. The van der Waals surface area contributed by atoms with Crippen LogP contribution in [0, 0.1) is 6.92 Å². The van der Waals surface area contributed by atoms with Crippen molar-refractivity contribution in [1.29, 1.82) is 0 Å². The van der Waals surface area contributed by atoms with Crippen LogP contribution in [0.3, 0.4) is 0 Å². The van der Waals surface area contributed by atoms with Gasteiger partial charge < -0.3 is 14.8 Å². The number of aryl methyl sites for hydroxylation is 1. The number of sulfonamides is 1. The van der Waals surface area contributed by atoms with Crippen molar-refractivity contribution in [3.8, 4) is 11.5 Å². The zero-order valence-electron chi connectivity index (χ0n) is 19.6. The predicted molar refractivity (Wildman–Crippen MR) is 133 cm³/mol. The number of carbonyl (C=O) groups excluding carboxylic acids is 1. The molecule has 0 fully saturated rings. The lowest BCUT2D eigenvalue weighted by molar-refractivity contribution is -0.117. The fraction of sp³-hybridized carbons (Fsp3) is 0.269. The minimum Gasteiger partial charge on any atom is -0.494 e. The van der Waals surface area contributed by atoms with Gasteiger partial charge in [-0.1, -0.05) is 30.3 Å². The Balaban J connectivity index is 1.83. The molecule has 1 amide bonds. The first-order valence-electron chi connectivity index (χ1n) is 11.2. The number of anilines is 1. The second kappa shape index (κ2) is 11.7. The second-order valence-electron chi connectivity index (χ2n) is 7.67. The molecule has 2 N–H and O–H groups in total. The highest BCUT2D eigenvalue weighted by atomic mass is 32.2. The molecule has 0 radical (unpaired) electrons. The van der Waals surface area contributed by atoms with Gasteiger partial charge in [-0.3, -0.25) is 4.79 Å². The van der Waals surface area contributed by atoms with Crippen LogP contribution in [0.4, 0.5) is 5.69 Å². The van der Waals surface area contributed by atoms with Gasteiger partial charge in [0.2, 0.25) is 15.9 Å². The zero-order chi connectivity index (χ0) is 24.6. The molecule has 180 valence electrons. The standard InChI is InChI=1S/C26H30N2O5S/c1-4-32-22-13-11-21(12-14-22)27-26(29)24(18-20-9-7-6-8-10-20)28-34(30,31)23-15-16-25(33-5-2)19(3)17-23/h6-17,24,28H,4-5,18H2,1-3H3,(H,27,29)/t24-/m0/s1. The van der Waals surface area contributed by atoms with E-state index in [1.165, 1.54) is 12.1 Å². The van der Waals surface area contributed by atoms with Gasteiger partial charge in [0.1, 0.15) is 17.5 Å². The maximum Gasteiger partial charge on any atom is 0.242 e. The van der Waals surface area contributed by atoms with Crippen molar-refractivity contribution in [3.05, 3.63) is 83.9 Å². The number of nitrogens with one attached hydrogen (secondary N) is 2. The number of hydrogen-bond donors (Lipinski definition) is 2. The molecule has 34 heavy (non-hydrogen) atoms. The van der Waals surface area contributed by atoms with Crippen LogP contribution < -0.4 is 19.5 Å². The van der Waals surface area contributed by atoms with Gasteiger partial charge in [0.05, 0.1) is 18.1 Å². The SMILES string of the molecule is CCOc1ccc(NC(=O)[C@H](Cc2ccccc2)NS(=O)(=O)c2ccc(OCC)c(C)c2)cc1. The second-order valence-corrected chi connectivity index (χ2v) is 9.38. The van der Waals surface area contributed by atoms with Crippen LogP contribution in [0.25, 0.3) is 0 Å². The summed E-state index contributed by atoms with van der Waals surface area (Å²) < 4.78 is 39.9. The van der Waals surface area contributed by atoms with E-state index in [1.54, 1.807) is 37.3 Å². The summed E-state index contributed by atoms with van der Waals surface area (Å²) in [6, 6.07) is 19.8. The van der Waals surface area contributed by atoms with E-state index in [0.717, 1.165) is 5.56 Å². The Morgan fingerprint density at radius 1 is 0.912 bits per heavy atom. The van der Waals surface area contributed by atoms with Crippen LogP contribution in [0.5, 0.6) is 11.5 Å². The van der Waals surface area contributed by atoms with Crippen molar-refractivity contribution in [1.82, 2.24) is 4.72 Å². The summed E-state index contributed by atoms with van der Waals surface area (Å²) in [5.74, 6) is 0.850. The monoisotopic (exact) mass is 482 g/mol. The largest absolute Gasteiger partial charge is 0.494 e. The fourth-order valence-electron chi connectivity index (χ4n) is 3.43. The molecular weight excluding hydrogens is 452 g/mol. The number of amides is 1. The Kier molecular flexibility index (Phi) is 8.67. The molecule has 1 atom stereocenters. The van der Waals surface area contributed by atoms with Gasteiger partial charge in [0, 0.05) is 5.69 Å². The molecule has 0 heterocycles. The van der Waals surface area contributed by atoms with E-state index >= 15 is 0 Å². The fourth-order valence-corrected chi connectivity index (χ4v) is 4.71. The molecular formula is C26H30N2O5S. The van der Waals surface area contributed by atoms with Gasteiger partial charge in [-0.2, -0.15) is 4.72 Å². The molecule has 0 bridgehead atoms. The van der Waals surface area contributed by atoms with Gasteiger partial charge in [-0.05, 0) is 80.8 Å². The highest BCUT2D eigenvalue weighted by Gasteiger charge is 2.27. The predicted octanol–water partition coefficient (Wildman–Crippen LogP) is 4.32. The molecule has 0 spiro atoms. The topological polar surface area (TPSA) is 93.7 Å². The quantitative estimate of drug-likeness (QED) is 0.425. The van der Waals surface area contributed by atoms with Gasteiger partial charge in [-0.15, -0.1) is 0 Å². The lowest BCUT2D eigenvalue weighted by Gasteiger charge is -2.19. The Bertz CT molecular complexity index is 1200. The molecule has 8 heteroatoms. The number of benzene rings is 3. The Hall–Kier alpha value is -3.36. The summed E-state index contributed by atoms with van der Waals surface area (Å²) in [6.07, 6.45) is 0.193. The van der Waals surface area contributed by atoms with Gasteiger partial charge in [-0.25, -0.2) is 8.42 Å². The molecule has 0 aliphatic heterocycles. The van der Waals surface area contributed by atoms with E-state index < -0.39 is 22.0 Å². The van der Waals surface area contributed by atoms with Gasteiger partial charge >= 0.3 is 0 Å². The number of rotatable bonds is 11. The molecule has 0 aliphatic rings. The van der Waals surface area contributed by atoms with Crippen molar-refractivity contribution in [2.45, 2.75) is 38.1 Å². The van der Waals surface area contributed by atoms with E-state index in [0.29, 0.717) is 36.0 Å². The van der Waals surface area contributed by atoms with E-state index in [-0.39, 0.29) is 11.3 Å². The summed E-state index contributed by atoms with van der Waals surface area (Å²) in [6.45, 7) is 6.56. The molecule has 7 nitrogen and oxygen atoms in total. The normalized spacial score (nSPS) is 12.1. The molecule has 3 aromatic carbocycles. The van der Waals surface area contributed by atoms with Crippen LogP contribution in [0.1, 0.15) is 25.0 Å². The number of hydrogen-bond acceptors (Lipinski definition) is 5. The van der Waals surface area contributed by atoms with E-state index in [4.69, 9.17) is 9.47 Å². The molecule has 3 rings (SSSR count). The van der Waals surface area contributed by atoms with E-state index in [2.05, 4.69) is 10.0 Å². The maximum atomic E-state index is 13.2. The summed E-state index contributed by atoms with van der Waals surface area (Å²) in [5.41, 5.74) is 2.07. The smallest absolute Gasteiger partial charge is 0.242 e. The lowest BCUT2D eigenvalue weighted by atomic mass is 10.1. The molecule has 0 aliphatic carbocycles. The average molecular weight is 483 g/mol. The van der Waals surface area contributed by atoms with E-state index in [1.807, 2.05) is 44.2 Å². The van der Waals surface area contributed by atoms with Crippen molar-refractivity contribution in [2.24, 2.45) is 0 Å². The zero-order valence-corrected chi connectivity index (χ0v) is 20.4. The van der Waals surface area contributed by atoms with Crippen LogP contribution in [-0.4, -0.2) is 33.6 Å². The van der Waals surface area contributed by atoms with Crippen molar-refractivity contribution >= 4 is 21.6 Å². The Morgan fingerprint density at radius 3 is 2.21 bits per heavy atom. The average Bonchev–Trinajstić information content (AvgIpc) is 2.82.